The van der Waals surface area contributed by atoms with E-state index in [9.17, 15) is 4.79 Å². The maximum atomic E-state index is 11.2. The molecular weight excluding hydrogens is 168 g/mol. The van der Waals surface area contributed by atoms with Crippen molar-refractivity contribution in [1.29, 1.82) is 0 Å². The fourth-order valence-electron chi connectivity index (χ4n) is 1.55. The lowest BCUT2D eigenvalue weighted by Crippen LogP contribution is -2.43. The number of amides is 2. The van der Waals surface area contributed by atoms with Gasteiger partial charge >= 0.3 is 6.03 Å². The SMILES string of the molecule is C[C@@H](O)CNC(=O)NC1CCCC1. The molecule has 3 N–H and O–H groups in total. The lowest BCUT2D eigenvalue weighted by Gasteiger charge is -2.13. The van der Waals surface area contributed by atoms with E-state index in [1.54, 1.807) is 6.92 Å². The maximum Gasteiger partial charge on any atom is 0.315 e. The Labute approximate surface area is 78.7 Å². The number of urea groups is 1. The first-order chi connectivity index (χ1) is 6.18. The molecule has 1 rings (SSSR count). The second-order valence-electron chi connectivity index (χ2n) is 3.68. The molecule has 1 aliphatic carbocycles. The minimum Gasteiger partial charge on any atom is -0.392 e. The first-order valence-corrected chi connectivity index (χ1v) is 4.91. The standard InChI is InChI=1S/C9H18N2O2/c1-7(12)6-10-9(13)11-8-4-2-3-5-8/h7-8,12H,2-6H2,1H3,(H2,10,11,13)/t7-/m1/s1. The minimum atomic E-state index is -0.477. The maximum absolute atomic E-state index is 11.2. The number of carbonyl (C=O) groups is 1. The number of carbonyl (C=O) groups excluding carboxylic acids is 1. The highest BCUT2D eigenvalue weighted by Gasteiger charge is 2.16. The molecule has 0 heterocycles. The summed E-state index contributed by atoms with van der Waals surface area (Å²) in [4.78, 5) is 11.2. The van der Waals surface area contributed by atoms with Crippen molar-refractivity contribution >= 4 is 6.03 Å². The van der Waals surface area contributed by atoms with E-state index in [2.05, 4.69) is 10.6 Å². The molecule has 0 aromatic rings. The van der Waals surface area contributed by atoms with Gasteiger partial charge in [0.15, 0.2) is 0 Å². The van der Waals surface area contributed by atoms with Crippen molar-refractivity contribution < 1.29 is 9.90 Å². The smallest absolute Gasteiger partial charge is 0.315 e. The second kappa shape index (κ2) is 5.07. The summed E-state index contributed by atoms with van der Waals surface area (Å²) < 4.78 is 0. The van der Waals surface area contributed by atoms with Gasteiger partial charge in [0.25, 0.3) is 0 Å². The van der Waals surface area contributed by atoms with Crippen molar-refractivity contribution in [2.24, 2.45) is 0 Å². The summed E-state index contributed by atoms with van der Waals surface area (Å²) in [6.07, 6.45) is 4.11. The quantitative estimate of drug-likeness (QED) is 0.604. The van der Waals surface area contributed by atoms with Gasteiger partial charge in [-0.05, 0) is 19.8 Å². The van der Waals surface area contributed by atoms with E-state index in [0.717, 1.165) is 12.8 Å². The third-order valence-corrected chi connectivity index (χ3v) is 2.25. The number of hydrogen-bond donors (Lipinski definition) is 3. The molecule has 0 aliphatic heterocycles. The first-order valence-electron chi connectivity index (χ1n) is 4.91. The molecule has 76 valence electrons. The summed E-state index contributed by atoms with van der Waals surface area (Å²) in [6.45, 7) is 1.97. The van der Waals surface area contributed by atoms with Crippen LogP contribution in [0.1, 0.15) is 32.6 Å². The highest BCUT2D eigenvalue weighted by atomic mass is 16.3. The zero-order valence-corrected chi connectivity index (χ0v) is 8.05. The fourth-order valence-corrected chi connectivity index (χ4v) is 1.55. The Morgan fingerprint density at radius 3 is 2.69 bits per heavy atom. The molecule has 0 radical (unpaired) electrons. The van der Waals surface area contributed by atoms with Crippen molar-refractivity contribution in [2.45, 2.75) is 44.8 Å². The number of hydrogen-bond acceptors (Lipinski definition) is 2. The molecule has 4 heteroatoms. The Morgan fingerprint density at radius 2 is 2.15 bits per heavy atom. The molecule has 0 unspecified atom stereocenters. The van der Waals surface area contributed by atoms with Gasteiger partial charge in [-0.1, -0.05) is 12.8 Å². The van der Waals surface area contributed by atoms with Crippen LogP contribution in [0.25, 0.3) is 0 Å². The van der Waals surface area contributed by atoms with Crippen molar-refractivity contribution in [2.75, 3.05) is 6.54 Å². The van der Waals surface area contributed by atoms with Gasteiger partial charge in [-0.2, -0.15) is 0 Å². The average molecular weight is 186 g/mol. The molecule has 13 heavy (non-hydrogen) atoms. The van der Waals surface area contributed by atoms with Crippen molar-refractivity contribution in [3.63, 3.8) is 0 Å². The van der Waals surface area contributed by atoms with E-state index < -0.39 is 6.10 Å². The molecule has 0 spiro atoms. The van der Waals surface area contributed by atoms with E-state index in [0.29, 0.717) is 12.6 Å². The van der Waals surface area contributed by atoms with Gasteiger partial charge in [0.2, 0.25) is 0 Å². The molecule has 1 fully saturated rings. The van der Waals surface area contributed by atoms with E-state index in [1.807, 2.05) is 0 Å². The van der Waals surface area contributed by atoms with Crippen molar-refractivity contribution in [3.8, 4) is 0 Å². The lowest BCUT2D eigenvalue weighted by atomic mass is 10.2. The Morgan fingerprint density at radius 1 is 1.54 bits per heavy atom. The molecule has 4 nitrogen and oxygen atoms in total. The van der Waals surface area contributed by atoms with Crippen LogP contribution in [0.2, 0.25) is 0 Å². The highest BCUT2D eigenvalue weighted by Crippen LogP contribution is 2.17. The number of aliphatic hydroxyl groups is 1. The monoisotopic (exact) mass is 186 g/mol. The summed E-state index contributed by atoms with van der Waals surface area (Å²) in [5, 5.41) is 14.4. The third-order valence-electron chi connectivity index (χ3n) is 2.25. The summed E-state index contributed by atoms with van der Waals surface area (Å²) >= 11 is 0. The van der Waals surface area contributed by atoms with Crippen LogP contribution in [-0.4, -0.2) is 29.8 Å². The van der Waals surface area contributed by atoms with Crippen LogP contribution in [0.3, 0.4) is 0 Å². The van der Waals surface area contributed by atoms with Gasteiger partial charge in [-0.3, -0.25) is 0 Å². The average Bonchev–Trinajstić information content (AvgIpc) is 2.53. The number of aliphatic hydroxyl groups excluding tert-OH is 1. The van der Waals surface area contributed by atoms with Gasteiger partial charge in [0.1, 0.15) is 0 Å². The topological polar surface area (TPSA) is 61.4 Å². The van der Waals surface area contributed by atoms with Crippen LogP contribution in [0.5, 0.6) is 0 Å². The Bertz CT molecular complexity index is 165. The van der Waals surface area contributed by atoms with Crippen LogP contribution < -0.4 is 10.6 Å². The second-order valence-corrected chi connectivity index (χ2v) is 3.68. The largest absolute Gasteiger partial charge is 0.392 e. The lowest BCUT2D eigenvalue weighted by molar-refractivity contribution is 0.186. The third kappa shape index (κ3) is 4.12. The summed E-state index contributed by atoms with van der Waals surface area (Å²) in [7, 11) is 0. The Kier molecular flexibility index (Phi) is 4.02. The molecule has 1 atom stereocenters. The zero-order chi connectivity index (χ0) is 9.68. The molecule has 1 saturated carbocycles. The Balaban J connectivity index is 2.09. The predicted octanol–water partition coefficient (Wildman–Crippen LogP) is 0.609. The highest BCUT2D eigenvalue weighted by molar-refractivity contribution is 5.74. The van der Waals surface area contributed by atoms with Gasteiger partial charge in [0, 0.05) is 12.6 Å². The molecule has 2 amide bonds. The van der Waals surface area contributed by atoms with Crippen LogP contribution in [-0.2, 0) is 0 Å². The van der Waals surface area contributed by atoms with Crippen LogP contribution in [0.15, 0.2) is 0 Å². The number of rotatable bonds is 3. The van der Waals surface area contributed by atoms with Gasteiger partial charge in [0.05, 0.1) is 6.10 Å². The van der Waals surface area contributed by atoms with Crippen molar-refractivity contribution in [1.82, 2.24) is 10.6 Å². The zero-order valence-electron chi connectivity index (χ0n) is 8.05. The molecule has 0 saturated heterocycles. The van der Waals surface area contributed by atoms with E-state index in [-0.39, 0.29) is 6.03 Å². The van der Waals surface area contributed by atoms with Crippen LogP contribution >= 0.6 is 0 Å². The van der Waals surface area contributed by atoms with Gasteiger partial charge in [-0.15, -0.1) is 0 Å². The summed E-state index contributed by atoms with van der Waals surface area (Å²) in [6, 6.07) is 0.182. The summed E-state index contributed by atoms with van der Waals surface area (Å²) in [5.41, 5.74) is 0. The summed E-state index contributed by atoms with van der Waals surface area (Å²) in [5.74, 6) is 0. The first kappa shape index (κ1) is 10.3. The van der Waals surface area contributed by atoms with E-state index in [1.165, 1.54) is 12.8 Å². The van der Waals surface area contributed by atoms with Crippen LogP contribution in [0, 0.1) is 0 Å². The number of nitrogens with one attached hydrogen (secondary N) is 2. The normalized spacial score (nSPS) is 19.8. The van der Waals surface area contributed by atoms with Crippen LogP contribution in [0.4, 0.5) is 4.79 Å². The minimum absolute atomic E-state index is 0.159. The molecule has 0 bridgehead atoms. The van der Waals surface area contributed by atoms with E-state index >= 15 is 0 Å². The molecule has 1 aliphatic rings. The molecule has 0 aromatic heterocycles. The van der Waals surface area contributed by atoms with E-state index in [4.69, 9.17) is 5.11 Å². The predicted molar refractivity (Wildman–Crippen MR) is 50.5 cm³/mol. The Hall–Kier alpha value is -0.770. The fraction of sp³-hybridized carbons (Fsp3) is 0.889. The van der Waals surface area contributed by atoms with Gasteiger partial charge < -0.3 is 15.7 Å². The van der Waals surface area contributed by atoms with Gasteiger partial charge in [-0.25, -0.2) is 4.79 Å². The van der Waals surface area contributed by atoms with Crippen molar-refractivity contribution in [3.05, 3.63) is 0 Å². The molecular formula is C9H18N2O2. The molecule has 0 aromatic carbocycles.